The van der Waals surface area contributed by atoms with Crippen LogP contribution in [0.15, 0.2) is 11.1 Å². The number of aliphatic carboxylic acids is 1. The second kappa shape index (κ2) is 9.38. The van der Waals surface area contributed by atoms with Crippen molar-refractivity contribution in [1.82, 2.24) is 5.32 Å². The molecule has 1 aliphatic heterocycles. The largest absolute Gasteiger partial charge is 0.508 e. The zero-order valence-corrected chi connectivity index (χ0v) is 18.1. The summed E-state index contributed by atoms with van der Waals surface area (Å²) in [5, 5.41) is 32.1. The number of cyclic esters (lactones) is 1. The number of rotatable bonds is 2. The van der Waals surface area contributed by atoms with Crippen molar-refractivity contribution < 1.29 is 34.4 Å². The van der Waals surface area contributed by atoms with E-state index < -0.39 is 36.5 Å². The van der Waals surface area contributed by atoms with Crippen molar-refractivity contribution in [3.05, 3.63) is 22.8 Å². The Labute approximate surface area is 178 Å². The SMILES string of the molecule is Cc1c(O)cc(O)c2c1C(=O)OC[C@H](N=CC(C)(C)C)C(=O)N[C@H](C(=O)O)CSC2. The molecule has 0 fully saturated rings. The van der Waals surface area contributed by atoms with Crippen LogP contribution < -0.4 is 5.32 Å². The van der Waals surface area contributed by atoms with Crippen molar-refractivity contribution in [2.75, 3.05) is 12.4 Å². The Morgan fingerprint density at radius 1 is 1.30 bits per heavy atom. The van der Waals surface area contributed by atoms with Gasteiger partial charge in [0.15, 0.2) is 6.04 Å². The molecule has 1 amide bonds. The predicted octanol–water partition coefficient (Wildman–Crippen LogP) is 1.86. The number of fused-ring (bicyclic) bond motifs is 1. The number of phenols is 2. The van der Waals surface area contributed by atoms with Crippen molar-refractivity contribution >= 4 is 35.8 Å². The highest BCUT2D eigenvalue weighted by Crippen LogP contribution is 2.35. The Balaban J connectivity index is 2.47. The molecular formula is C20H26N2O7S. The number of carbonyl (C=O) groups excluding carboxylic acids is 2. The Bertz CT molecular complexity index is 877. The standard InChI is InChI=1S/C20H26N2O7S/c1-10-14(23)5-15(24)11-7-30-8-13(18(26)27)22-17(25)12(21-9-20(2,3)4)6-29-19(28)16(10)11/h5,9,12-13,23-24H,6-8H2,1-4H3,(H,22,25)(H,26,27)/t12-,13-/m0/s1. The number of hydrogen-bond donors (Lipinski definition) is 4. The van der Waals surface area contributed by atoms with Gasteiger partial charge in [0.25, 0.3) is 0 Å². The number of amides is 1. The van der Waals surface area contributed by atoms with E-state index >= 15 is 0 Å². The van der Waals surface area contributed by atoms with Gasteiger partial charge < -0.3 is 25.4 Å². The van der Waals surface area contributed by atoms with Gasteiger partial charge in [-0.3, -0.25) is 9.79 Å². The van der Waals surface area contributed by atoms with E-state index in [9.17, 15) is 29.7 Å². The summed E-state index contributed by atoms with van der Waals surface area (Å²) >= 11 is 1.12. The van der Waals surface area contributed by atoms with E-state index in [1.54, 1.807) is 6.21 Å². The molecule has 1 aromatic rings. The highest BCUT2D eigenvalue weighted by molar-refractivity contribution is 7.98. The summed E-state index contributed by atoms with van der Waals surface area (Å²) in [7, 11) is 0. The first-order valence-electron chi connectivity index (χ1n) is 9.27. The maximum absolute atomic E-state index is 12.7. The normalized spacial score (nSPS) is 21.2. The van der Waals surface area contributed by atoms with E-state index in [-0.39, 0.29) is 45.1 Å². The highest BCUT2D eigenvalue weighted by Gasteiger charge is 2.30. The predicted molar refractivity (Wildman–Crippen MR) is 112 cm³/mol. The molecule has 0 aromatic heterocycles. The number of carboxylic acid groups (broad SMARTS) is 1. The van der Waals surface area contributed by atoms with Crippen LogP contribution in [0, 0.1) is 12.3 Å². The molecule has 30 heavy (non-hydrogen) atoms. The van der Waals surface area contributed by atoms with E-state index in [0.29, 0.717) is 0 Å². The Morgan fingerprint density at radius 3 is 2.57 bits per heavy atom. The summed E-state index contributed by atoms with van der Waals surface area (Å²) < 4.78 is 5.28. The van der Waals surface area contributed by atoms with Crippen LogP contribution in [0.2, 0.25) is 0 Å². The average Bonchev–Trinajstić information content (AvgIpc) is 2.62. The van der Waals surface area contributed by atoms with Crippen molar-refractivity contribution in [3.8, 4) is 11.5 Å². The second-order valence-corrected chi connectivity index (χ2v) is 9.10. The fourth-order valence-electron chi connectivity index (χ4n) is 2.68. The van der Waals surface area contributed by atoms with E-state index in [4.69, 9.17) is 4.74 Å². The first-order chi connectivity index (χ1) is 13.9. The molecule has 9 nitrogen and oxygen atoms in total. The number of ether oxygens (including phenoxy) is 1. The van der Waals surface area contributed by atoms with E-state index in [1.165, 1.54) is 6.92 Å². The van der Waals surface area contributed by atoms with E-state index in [1.807, 2.05) is 20.8 Å². The van der Waals surface area contributed by atoms with Gasteiger partial charge in [-0.15, -0.1) is 0 Å². The van der Waals surface area contributed by atoms with Gasteiger partial charge >= 0.3 is 11.9 Å². The molecule has 0 unspecified atom stereocenters. The molecule has 0 saturated carbocycles. The van der Waals surface area contributed by atoms with Crippen LogP contribution in [0.25, 0.3) is 0 Å². The molecule has 2 rings (SSSR count). The Hall–Kier alpha value is -2.75. The fraction of sp³-hybridized carbons (Fsp3) is 0.500. The summed E-state index contributed by atoms with van der Waals surface area (Å²) in [5.41, 5.74) is 0.0912. The van der Waals surface area contributed by atoms with Crippen LogP contribution in [-0.2, 0) is 20.1 Å². The summed E-state index contributed by atoms with van der Waals surface area (Å²) in [5.74, 6) is -3.18. The lowest BCUT2D eigenvalue weighted by molar-refractivity contribution is -0.141. The molecule has 0 aliphatic carbocycles. The number of hydrogen-bond acceptors (Lipinski definition) is 8. The van der Waals surface area contributed by atoms with Gasteiger partial charge in [-0.1, -0.05) is 20.8 Å². The second-order valence-electron chi connectivity index (χ2n) is 8.07. The zero-order chi connectivity index (χ0) is 22.6. The molecule has 0 bridgehead atoms. The topological polar surface area (TPSA) is 146 Å². The minimum atomic E-state index is -1.21. The zero-order valence-electron chi connectivity index (χ0n) is 17.3. The van der Waals surface area contributed by atoms with Crippen LogP contribution in [0.5, 0.6) is 11.5 Å². The number of nitrogens with one attached hydrogen (secondary N) is 1. The van der Waals surface area contributed by atoms with Gasteiger partial charge in [0.2, 0.25) is 5.91 Å². The molecule has 0 radical (unpaired) electrons. The molecule has 164 valence electrons. The molecule has 1 aliphatic rings. The molecule has 0 saturated heterocycles. The lowest BCUT2D eigenvalue weighted by atomic mass is 9.99. The summed E-state index contributed by atoms with van der Waals surface area (Å²) in [6.07, 6.45) is 1.54. The molecule has 2 atom stereocenters. The Morgan fingerprint density at radius 2 is 1.97 bits per heavy atom. The summed E-state index contributed by atoms with van der Waals surface area (Å²) in [6, 6.07) is -1.20. The molecular weight excluding hydrogens is 412 g/mol. The number of aliphatic imine (C=N–C) groups is 1. The molecule has 10 heteroatoms. The third-order valence-corrected chi connectivity index (χ3v) is 5.37. The first kappa shape index (κ1) is 23.5. The van der Waals surface area contributed by atoms with Crippen LogP contribution in [0.4, 0.5) is 0 Å². The van der Waals surface area contributed by atoms with Crippen molar-refractivity contribution in [2.24, 2.45) is 10.4 Å². The number of carboxylic acids is 1. The van der Waals surface area contributed by atoms with Crippen molar-refractivity contribution in [3.63, 3.8) is 0 Å². The number of esters is 1. The minimum Gasteiger partial charge on any atom is -0.508 e. The van der Waals surface area contributed by atoms with Gasteiger partial charge in [0, 0.05) is 34.9 Å². The van der Waals surface area contributed by atoms with Gasteiger partial charge in [-0.2, -0.15) is 11.8 Å². The van der Waals surface area contributed by atoms with Crippen LogP contribution >= 0.6 is 11.8 Å². The number of benzene rings is 1. The third-order valence-electron chi connectivity index (χ3n) is 4.31. The number of aromatic hydroxyl groups is 2. The van der Waals surface area contributed by atoms with Crippen molar-refractivity contribution in [1.29, 1.82) is 0 Å². The lowest BCUT2D eigenvalue weighted by Gasteiger charge is -2.22. The quantitative estimate of drug-likeness (QED) is 0.404. The van der Waals surface area contributed by atoms with Gasteiger partial charge in [-0.25, -0.2) is 9.59 Å². The van der Waals surface area contributed by atoms with Crippen LogP contribution in [0.3, 0.4) is 0 Å². The Kier molecular flexibility index (Phi) is 7.35. The monoisotopic (exact) mass is 438 g/mol. The number of carbonyl (C=O) groups is 3. The van der Waals surface area contributed by atoms with E-state index in [0.717, 1.165) is 17.8 Å². The molecule has 1 heterocycles. The van der Waals surface area contributed by atoms with Gasteiger partial charge in [0.05, 0.1) is 5.56 Å². The average molecular weight is 439 g/mol. The third kappa shape index (κ3) is 5.88. The first-order valence-corrected chi connectivity index (χ1v) is 10.4. The van der Waals surface area contributed by atoms with Crippen LogP contribution in [0.1, 0.15) is 42.3 Å². The number of phenolic OH excluding ortho intramolecular Hbond substituents is 2. The molecule has 4 N–H and O–H groups in total. The van der Waals surface area contributed by atoms with Crippen LogP contribution in [-0.4, -0.2) is 63.8 Å². The molecule has 1 aromatic carbocycles. The highest BCUT2D eigenvalue weighted by atomic mass is 32.2. The fourth-order valence-corrected chi connectivity index (χ4v) is 3.75. The maximum atomic E-state index is 12.7. The van der Waals surface area contributed by atoms with E-state index in [2.05, 4.69) is 10.3 Å². The number of nitrogens with zero attached hydrogens (tertiary/aromatic N) is 1. The molecule has 0 spiro atoms. The van der Waals surface area contributed by atoms with Gasteiger partial charge in [0.1, 0.15) is 24.1 Å². The summed E-state index contributed by atoms with van der Waals surface area (Å²) in [6.45, 7) is 6.70. The van der Waals surface area contributed by atoms with Crippen molar-refractivity contribution in [2.45, 2.75) is 45.5 Å². The number of thioether (sulfide) groups is 1. The smallest absolute Gasteiger partial charge is 0.339 e. The lowest BCUT2D eigenvalue weighted by Crippen LogP contribution is -2.48. The maximum Gasteiger partial charge on any atom is 0.339 e. The van der Waals surface area contributed by atoms with Gasteiger partial charge in [-0.05, 0) is 12.3 Å². The summed E-state index contributed by atoms with van der Waals surface area (Å²) in [4.78, 5) is 41.1. The minimum absolute atomic E-state index is 0.00459.